The fraction of sp³-hybridized carbons (Fsp3) is 0.0625. The summed E-state index contributed by atoms with van der Waals surface area (Å²) >= 11 is 6.16. The number of hydrogen-bond donors (Lipinski definition) is 2. The van der Waals surface area contributed by atoms with Crippen LogP contribution in [0.15, 0.2) is 48.7 Å². The molecule has 0 bridgehead atoms. The summed E-state index contributed by atoms with van der Waals surface area (Å²) in [5.74, 6) is -0.291. The SMILES string of the molecule is Oc1ccc2c(C(O)c3ccc(F)cc3)c(Cl)cnc2c1. The maximum atomic E-state index is 13.0. The van der Waals surface area contributed by atoms with E-state index in [9.17, 15) is 14.6 Å². The van der Waals surface area contributed by atoms with Crippen LogP contribution in [0.3, 0.4) is 0 Å². The molecule has 0 spiro atoms. The minimum absolute atomic E-state index is 0.0829. The third-order valence-electron chi connectivity index (χ3n) is 3.30. The van der Waals surface area contributed by atoms with Gasteiger partial charge in [-0.15, -0.1) is 0 Å². The highest BCUT2D eigenvalue weighted by Gasteiger charge is 2.18. The second-order valence-electron chi connectivity index (χ2n) is 4.68. The van der Waals surface area contributed by atoms with Crippen molar-refractivity contribution < 1.29 is 14.6 Å². The van der Waals surface area contributed by atoms with E-state index in [4.69, 9.17) is 11.6 Å². The van der Waals surface area contributed by atoms with Crippen molar-refractivity contribution in [1.82, 2.24) is 4.98 Å². The monoisotopic (exact) mass is 303 g/mol. The van der Waals surface area contributed by atoms with Gasteiger partial charge in [0.2, 0.25) is 0 Å². The Morgan fingerprint density at radius 2 is 1.81 bits per heavy atom. The second-order valence-corrected chi connectivity index (χ2v) is 5.08. The first-order valence-corrected chi connectivity index (χ1v) is 6.64. The first-order chi connectivity index (χ1) is 10.1. The Labute approximate surface area is 125 Å². The fourth-order valence-electron chi connectivity index (χ4n) is 2.27. The van der Waals surface area contributed by atoms with Crippen LogP contribution >= 0.6 is 11.6 Å². The Kier molecular flexibility index (Phi) is 3.49. The molecule has 1 atom stereocenters. The van der Waals surface area contributed by atoms with Crippen LogP contribution in [0.25, 0.3) is 10.9 Å². The standard InChI is InChI=1S/C16H11ClFNO2/c17-13-8-19-14-7-11(20)5-6-12(14)15(13)16(21)9-1-3-10(18)4-2-9/h1-8,16,20-21H. The normalized spacial score (nSPS) is 12.5. The lowest BCUT2D eigenvalue weighted by molar-refractivity contribution is 0.222. The summed E-state index contributed by atoms with van der Waals surface area (Å²) in [6.45, 7) is 0. The third-order valence-corrected chi connectivity index (χ3v) is 3.61. The van der Waals surface area contributed by atoms with E-state index < -0.39 is 6.10 Å². The zero-order valence-corrected chi connectivity index (χ0v) is 11.5. The van der Waals surface area contributed by atoms with Gasteiger partial charge < -0.3 is 10.2 Å². The molecule has 0 saturated carbocycles. The number of pyridine rings is 1. The summed E-state index contributed by atoms with van der Waals surface area (Å²) in [6, 6.07) is 10.2. The van der Waals surface area contributed by atoms with E-state index in [1.807, 2.05) is 0 Å². The molecule has 0 saturated heterocycles. The number of phenols is 1. The van der Waals surface area contributed by atoms with Gasteiger partial charge in [0, 0.05) is 23.2 Å². The smallest absolute Gasteiger partial charge is 0.123 e. The first-order valence-electron chi connectivity index (χ1n) is 6.27. The molecule has 0 aliphatic heterocycles. The average Bonchev–Trinajstić information content (AvgIpc) is 2.47. The van der Waals surface area contributed by atoms with E-state index >= 15 is 0 Å². The van der Waals surface area contributed by atoms with Crippen LogP contribution in [0.4, 0.5) is 4.39 Å². The van der Waals surface area contributed by atoms with E-state index in [1.165, 1.54) is 42.6 Å². The zero-order chi connectivity index (χ0) is 15.0. The predicted octanol–water partition coefficient (Wildman–Crippen LogP) is 3.81. The van der Waals surface area contributed by atoms with Crippen molar-refractivity contribution in [3.8, 4) is 5.75 Å². The van der Waals surface area contributed by atoms with Gasteiger partial charge in [0.15, 0.2) is 0 Å². The maximum absolute atomic E-state index is 13.0. The van der Waals surface area contributed by atoms with E-state index in [0.717, 1.165) is 0 Å². The summed E-state index contributed by atoms with van der Waals surface area (Å²) in [6.07, 6.45) is 0.416. The van der Waals surface area contributed by atoms with Crippen LogP contribution in [-0.4, -0.2) is 15.2 Å². The molecule has 3 rings (SSSR count). The predicted molar refractivity (Wildman–Crippen MR) is 78.9 cm³/mol. The van der Waals surface area contributed by atoms with E-state index in [-0.39, 0.29) is 11.6 Å². The van der Waals surface area contributed by atoms with Crippen LogP contribution < -0.4 is 0 Å². The summed E-state index contributed by atoms with van der Waals surface area (Å²) in [4.78, 5) is 4.13. The van der Waals surface area contributed by atoms with E-state index in [0.29, 0.717) is 27.1 Å². The Morgan fingerprint density at radius 1 is 1.10 bits per heavy atom. The molecule has 21 heavy (non-hydrogen) atoms. The number of fused-ring (bicyclic) bond motifs is 1. The zero-order valence-electron chi connectivity index (χ0n) is 10.8. The molecule has 106 valence electrons. The molecule has 1 aromatic heterocycles. The number of aromatic nitrogens is 1. The summed E-state index contributed by atoms with van der Waals surface area (Å²) in [7, 11) is 0. The molecule has 1 heterocycles. The Bertz CT molecular complexity index is 805. The van der Waals surface area contributed by atoms with Crippen LogP contribution in [0, 0.1) is 5.82 Å². The molecule has 1 unspecified atom stereocenters. The topological polar surface area (TPSA) is 53.4 Å². The maximum Gasteiger partial charge on any atom is 0.123 e. The lowest BCUT2D eigenvalue weighted by Gasteiger charge is -2.15. The molecular formula is C16H11ClFNO2. The number of rotatable bonds is 2. The quantitative estimate of drug-likeness (QED) is 0.757. The highest BCUT2D eigenvalue weighted by atomic mass is 35.5. The van der Waals surface area contributed by atoms with E-state index in [2.05, 4.69) is 4.98 Å². The highest BCUT2D eigenvalue weighted by Crippen LogP contribution is 2.34. The molecule has 0 radical (unpaired) electrons. The van der Waals surface area contributed by atoms with E-state index in [1.54, 1.807) is 6.07 Å². The number of phenolic OH excluding ortho intramolecular Hbond substituents is 1. The van der Waals surface area contributed by atoms with Crippen LogP contribution in [-0.2, 0) is 0 Å². The van der Waals surface area contributed by atoms with Gasteiger partial charge in [-0.05, 0) is 29.8 Å². The van der Waals surface area contributed by atoms with Gasteiger partial charge in [0.05, 0.1) is 10.5 Å². The number of aliphatic hydroxyl groups is 1. The van der Waals surface area contributed by atoms with Gasteiger partial charge in [-0.3, -0.25) is 4.98 Å². The molecule has 0 aliphatic carbocycles. The first kappa shape index (κ1) is 13.8. The summed E-state index contributed by atoms with van der Waals surface area (Å²) < 4.78 is 13.0. The number of benzene rings is 2. The minimum atomic E-state index is -1.01. The van der Waals surface area contributed by atoms with Gasteiger partial charge in [-0.1, -0.05) is 23.7 Å². The van der Waals surface area contributed by atoms with Crippen LogP contribution in [0.2, 0.25) is 5.02 Å². The van der Waals surface area contributed by atoms with Crippen molar-refractivity contribution in [2.45, 2.75) is 6.10 Å². The minimum Gasteiger partial charge on any atom is -0.508 e. The molecule has 3 nitrogen and oxygen atoms in total. The molecule has 3 aromatic rings. The Balaban J connectivity index is 2.18. The van der Waals surface area contributed by atoms with Crippen molar-refractivity contribution in [1.29, 1.82) is 0 Å². The average molecular weight is 304 g/mol. The van der Waals surface area contributed by atoms with Gasteiger partial charge >= 0.3 is 0 Å². The molecular weight excluding hydrogens is 293 g/mol. The van der Waals surface area contributed by atoms with Crippen molar-refractivity contribution in [2.75, 3.05) is 0 Å². The van der Waals surface area contributed by atoms with Gasteiger partial charge in [0.1, 0.15) is 17.7 Å². The van der Waals surface area contributed by atoms with Gasteiger partial charge in [-0.2, -0.15) is 0 Å². The Hall–Kier alpha value is -2.17. The number of aromatic hydroxyl groups is 1. The molecule has 0 amide bonds. The second kappa shape index (κ2) is 5.31. The van der Waals surface area contributed by atoms with Crippen LogP contribution in [0.1, 0.15) is 17.2 Å². The lowest BCUT2D eigenvalue weighted by Crippen LogP contribution is -2.02. The van der Waals surface area contributed by atoms with Gasteiger partial charge in [0.25, 0.3) is 0 Å². The number of aliphatic hydroxyl groups excluding tert-OH is 1. The molecule has 0 aliphatic rings. The number of halogens is 2. The number of hydrogen-bond acceptors (Lipinski definition) is 3. The third kappa shape index (κ3) is 2.55. The summed E-state index contributed by atoms with van der Waals surface area (Å²) in [5, 5.41) is 21.0. The summed E-state index contributed by atoms with van der Waals surface area (Å²) in [5.41, 5.74) is 1.53. The highest BCUT2D eigenvalue weighted by molar-refractivity contribution is 6.32. The number of nitrogens with zero attached hydrogens (tertiary/aromatic N) is 1. The molecule has 5 heteroatoms. The molecule has 0 fully saturated rings. The lowest BCUT2D eigenvalue weighted by atomic mass is 9.98. The van der Waals surface area contributed by atoms with Gasteiger partial charge in [-0.25, -0.2) is 4.39 Å². The van der Waals surface area contributed by atoms with Crippen molar-refractivity contribution in [3.05, 3.63) is 70.6 Å². The van der Waals surface area contributed by atoms with Crippen LogP contribution in [0.5, 0.6) is 5.75 Å². The Morgan fingerprint density at radius 3 is 2.52 bits per heavy atom. The largest absolute Gasteiger partial charge is 0.508 e. The fourth-order valence-corrected chi connectivity index (χ4v) is 2.52. The van der Waals surface area contributed by atoms with Crippen molar-refractivity contribution in [2.24, 2.45) is 0 Å². The molecule has 2 aromatic carbocycles. The molecule has 2 N–H and O–H groups in total. The van der Waals surface area contributed by atoms with Crippen molar-refractivity contribution in [3.63, 3.8) is 0 Å². The van der Waals surface area contributed by atoms with Crippen molar-refractivity contribution >= 4 is 22.5 Å².